The third kappa shape index (κ3) is 5.19. The molecule has 2 aliphatic rings. The van der Waals surface area contributed by atoms with Gasteiger partial charge in [0.15, 0.2) is 11.5 Å². The molecule has 6 nitrogen and oxygen atoms in total. The first kappa shape index (κ1) is 24.1. The summed E-state index contributed by atoms with van der Waals surface area (Å²) in [4.78, 5) is 29.2. The number of ether oxygens (including phenoxy) is 2. The van der Waals surface area contributed by atoms with E-state index >= 15 is 0 Å². The van der Waals surface area contributed by atoms with Crippen molar-refractivity contribution in [1.82, 2.24) is 4.90 Å². The van der Waals surface area contributed by atoms with E-state index in [1.54, 1.807) is 18.2 Å². The van der Waals surface area contributed by atoms with E-state index in [1.165, 1.54) is 38.5 Å². The summed E-state index contributed by atoms with van der Waals surface area (Å²) in [6.07, 6.45) is -1.14. The molecule has 0 N–H and O–H groups in total. The van der Waals surface area contributed by atoms with E-state index in [0.29, 0.717) is 23.8 Å². The number of alkyl halides is 3. The Labute approximate surface area is 196 Å². The van der Waals surface area contributed by atoms with Crippen LogP contribution in [-0.4, -0.2) is 50.1 Å². The molecular formula is C25H27F3N2O4. The number of hydrogen-bond acceptors (Lipinski definition) is 5. The predicted octanol–water partition coefficient (Wildman–Crippen LogP) is 4.63. The summed E-state index contributed by atoms with van der Waals surface area (Å²) in [5, 5.41) is 0. The lowest BCUT2D eigenvalue weighted by molar-refractivity contribution is -0.137. The van der Waals surface area contributed by atoms with Gasteiger partial charge in [-0.25, -0.2) is 4.90 Å². The maximum atomic E-state index is 13.1. The molecule has 2 heterocycles. The minimum absolute atomic E-state index is 0.169. The lowest BCUT2D eigenvalue weighted by Crippen LogP contribution is -2.33. The van der Waals surface area contributed by atoms with E-state index in [4.69, 9.17) is 9.47 Å². The molecule has 2 aromatic carbocycles. The average molecular weight is 476 g/mol. The first-order valence-corrected chi connectivity index (χ1v) is 11.3. The quantitative estimate of drug-likeness (QED) is 0.546. The van der Waals surface area contributed by atoms with Crippen molar-refractivity contribution < 1.29 is 32.2 Å². The Kier molecular flexibility index (Phi) is 7.11. The van der Waals surface area contributed by atoms with Gasteiger partial charge in [0.25, 0.3) is 0 Å². The zero-order valence-electron chi connectivity index (χ0n) is 18.9. The molecule has 34 heavy (non-hydrogen) atoms. The fourth-order valence-electron chi connectivity index (χ4n) is 4.48. The van der Waals surface area contributed by atoms with E-state index in [-0.39, 0.29) is 12.0 Å². The number of hydrogen-bond donors (Lipinski definition) is 0. The molecule has 2 aliphatic heterocycles. The van der Waals surface area contributed by atoms with Gasteiger partial charge in [-0.05, 0) is 49.7 Å². The molecule has 0 bridgehead atoms. The van der Waals surface area contributed by atoms with Crippen LogP contribution in [0, 0.1) is 0 Å². The number of methoxy groups -OCH3 is 1. The highest BCUT2D eigenvalue weighted by Crippen LogP contribution is 2.39. The molecule has 2 aromatic rings. The molecule has 4 rings (SSSR count). The van der Waals surface area contributed by atoms with Crippen molar-refractivity contribution >= 4 is 17.5 Å². The lowest BCUT2D eigenvalue weighted by Gasteiger charge is -2.26. The Hall–Kier alpha value is -3.07. The summed E-state index contributed by atoms with van der Waals surface area (Å²) >= 11 is 0. The SMILES string of the molecule is COc1ccc(N2C(=O)CC(c3cccc(C(F)(F)F)c3)C2=O)cc1OCCN1CCCCC1. The Morgan fingerprint density at radius 1 is 1.00 bits per heavy atom. The highest BCUT2D eigenvalue weighted by Gasteiger charge is 2.41. The van der Waals surface area contributed by atoms with Crippen molar-refractivity contribution in [2.75, 3.05) is 38.3 Å². The number of rotatable bonds is 7. The molecule has 2 fully saturated rings. The smallest absolute Gasteiger partial charge is 0.416 e. The Bertz CT molecular complexity index is 1050. The van der Waals surface area contributed by atoms with Gasteiger partial charge in [-0.2, -0.15) is 13.2 Å². The first-order chi connectivity index (χ1) is 16.3. The molecule has 0 aliphatic carbocycles. The molecule has 0 aromatic heterocycles. The fourth-order valence-corrected chi connectivity index (χ4v) is 4.48. The predicted molar refractivity (Wildman–Crippen MR) is 120 cm³/mol. The van der Waals surface area contributed by atoms with Crippen molar-refractivity contribution in [3.05, 3.63) is 53.6 Å². The topological polar surface area (TPSA) is 59.1 Å². The zero-order chi connectivity index (χ0) is 24.3. The van der Waals surface area contributed by atoms with Gasteiger partial charge >= 0.3 is 6.18 Å². The van der Waals surface area contributed by atoms with Crippen molar-refractivity contribution in [3.63, 3.8) is 0 Å². The van der Waals surface area contributed by atoms with Crippen LogP contribution >= 0.6 is 0 Å². The third-order valence-electron chi connectivity index (χ3n) is 6.28. The highest BCUT2D eigenvalue weighted by atomic mass is 19.4. The number of halogens is 3. The molecule has 0 saturated carbocycles. The molecule has 2 saturated heterocycles. The van der Waals surface area contributed by atoms with Gasteiger partial charge in [0.05, 0.1) is 24.3 Å². The van der Waals surface area contributed by atoms with Crippen LogP contribution in [0.4, 0.5) is 18.9 Å². The molecule has 1 unspecified atom stereocenters. The number of nitrogens with zero attached hydrogens (tertiary/aromatic N) is 2. The van der Waals surface area contributed by atoms with E-state index in [0.717, 1.165) is 36.7 Å². The number of carbonyl (C=O) groups is 2. The number of benzene rings is 2. The molecule has 1 atom stereocenters. The van der Waals surface area contributed by atoms with Gasteiger partial charge in [-0.3, -0.25) is 14.5 Å². The van der Waals surface area contributed by atoms with Gasteiger partial charge in [0.2, 0.25) is 11.8 Å². The first-order valence-electron chi connectivity index (χ1n) is 11.3. The standard InChI is InChI=1S/C25H27F3N2O4/c1-33-21-9-8-19(15-22(21)34-13-12-29-10-3-2-4-11-29)30-23(31)16-20(24(30)32)17-6-5-7-18(14-17)25(26,27)28/h5-9,14-15,20H,2-4,10-13,16H2,1H3. The Balaban J connectivity index is 1.51. The number of anilines is 1. The monoisotopic (exact) mass is 476 g/mol. The Morgan fingerprint density at radius 2 is 1.76 bits per heavy atom. The normalized spacial score (nSPS) is 19.5. The lowest BCUT2D eigenvalue weighted by atomic mass is 9.96. The number of piperidine rings is 1. The maximum Gasteiger partial charge on any atom is 0.416 e. The second kappa shape index (κ2) is 10.0. The molecular weight excluding hydrogens is 449 g/mol. The zero-order valence-corrected chi connectivity index (χ0v) is 18.9. The van der Waals surface area contributed by atoms with Crippen LogP contribution in [0.1, 0.15) is 42.7 Å². The van der Waals surface area contributed by atoms with Crippen molar-refractivity contribution in [1.29, 1.82) is 0 Å². The summed E-state index contributed by atoms with van der Waals surface area (Å²) in [7, 11) is 1.50. The molecule has 0 spiro atoms. The molecule has 0 radical (unpaired) electrons. The van der Waals surface area contributed by atoms with Gasteiger partial charge in [0, 0.05) is 19.0 Å². The summed E-state index contributed by atoms with van der Waals surface area (Å²) in [5.74, 6) is -1.14. The van der Waals surface area contributed by atoms with Crippen LogP contribution in [0.15, 0.2) is 42.5 Å². The van der Waals surface area contributed by atoms with Crippen LogP contribution < -0.4 is 14.4 Å². The molecule has 2 amide bonds. The molecule has 182 valence electrons. The van der Waals surface area contributed by atoms with E-state index in [2.05, 4.69) is 4.90 Å². The highest BCUT2D eigenvalue weighted by molar-refractivity contribution is 6.22. The largest absolute Gasteiger partial charge is 0.493 e. The van der Waals surface area contributed by atoms with Gasteiger partial charge in [-0.1, -0.05) is 24.6 Å². The van der Waals surface area contributed by atoms with E-state index in [9.17, 15) is 22.8 Å². The van der Waals surface area contributed by atoms with Crippen LogP contribution in [0.5, 0.6) is 11.5 Å². The van der Waals surface area contributed by atoms with E-state index < -0.39 is 29.5 Å². The van der Waals surface area contributed by atoms with Crippen LogP contribution in [0.3, 0.4) is 0 Å². The summed E-state index contributed by atoms with van der Waals surface area (Å²) in [6.45, 7) is 3.25. The Morgan fingerprint density at radius 3 is 2.47 bits per heavy atom. The van der Waals surface area contributed by atoms with Crippen molar-refractivity contribution in [2.45, 2.75) is 37.8 Å². The van der Waals surface area contributed by atoms with Gasteiger partial charge in [-0.15, -0.1) is 0 Å². The number of amides is 2. The second-order valence-corrected chi connectivity index (χ2v) is 8.53. The molecule has 9 heteroatoms. The average Bonchev–Trinajstić information content (AvgIpc) is 3.13. The fraction of sp³-hybridized carbons (Fsp3) is 0.440. The third-order valence-corrected chi connectivity index (χ3v) is 6.28. The van der Waals surface area contributed by atoms with Crippen LogP contribution in [0.25, 0.3) is 0 Å². The van der Waals surface area contributed by atoms with E-state index in [1.807, 2.05) is 0 Å². The van der Waals surface area contributed by atoms with Crippen molar-refractivity contribution in [3.8, 4) is 11.5 Å². The van der Waals surface area contributed by atoms with Crippen LogP contribution in [-0.2, 0) is 15.8 Å². The number of carbonyl (C=O) groups excluding carboxylic acids is 2. The van der Waals surface area contributed by atoms with Gasteiger partial charge < -0.3 is 9.47 Å². The number of likely N-dealkylation sites (tertiary alicyclic amines) is 1. The summed E-state index contributed by atoms with van der Waals surface area (Å²) in [5.41, 5.74) is -0.377. The minimum Gasteiger partial charge on any atom is -0.493 e. The minimum atomic E-state index is -4.53. The number of imide groups is 1. The summed E-state index contributed by atoms with van der Waals surface area (Å²) < 4.78 is 50.6. The van der Waals surface area contributed by atoms with Crippen LogP contribution in [0.2, 0.25) is 0 Å². The van der Waals surface area contributed by atoms with Gasteiger partial charge in [0.1, 0.15) is 6.61 Å². The second-order valence-electron chi connectivity index (χ2n) is 8.53. The maximum absolute atomic E-state index is 13.1. The summed E-state index contributed by atoms with van der Waals surface area (Å²) in [6, 6.07) is 9.32. The van der Waals surface area contributed by atoms with Crippen molar-refractivity contribution in [2.24, 2.45) is 0 Å².